The van der Waals surface area contributed by atoms with E-state index in [2.05, 4.69) is 91.0 Å². The van der Waals surface area contributed by atoms with Crippen LogP contribution >= 0.6 is 0 Å². The van der Waals surface area contributed by atoms with E-state index in [1.54, 1.807) is 9.37 Å². The van der Waals surface area contributed by atoms with E-state index in [9.17, 15) is 0 Å². The van der Waals surface area contributed by atoms with Crippen LogP contribution in [0.1, 0.15) is 0 Å². The predicted octanol–water partition coefficient (Wildman–Crippen LogP) is 2.20. The fraction of sp³-hybridized carbons (Fsp3) is 0. The average Bonchev–Trinajstić information content (AvgIpc) is 2.51. The summed E-state index contributed by atoms with van der Waals surface area (Å²) >= 11 is -2.17. The third-order valence-electron chi connectivity index (χ3n) is 3.19. The monoisotopic (exact) mass is 439 g/mol. The molecule has 0 heterocycles. The van der Waals surface area contributed by atoms with Crippen LogP contribution in [0, 0.1) is 0 Å². The van der Waals surface area contributed by atoms with Gasteiger partial charge in [0.2, 0.25) is 0 Å². The van der Waals surface area contributed by atoms with Crippen LogP contribution in [-0.2, 0) is 0 Å². The molecule has 19 heavy (non-hydrogen) atoms. The topological polar surface area (TPSA) is 0 Å². The molecule has 0 fully saturated rings. The maximum atomic E-state index is 2.29. The Hall–Kier alpha value is -1.42. The summed E-state index contributed by atoms with van der Waals surface area (Å²) < 4.78 is 4.64. The molecule has 0 saturated carbocycles. The standard InChI is InChI=1S/3C6H5.Pb/c3*1-2-4-6-5-3-1;/h3*1-5H;. The van der Waals surface area contributed by atoms with Gasteiger partial charge in [0.15, 0.2) is 0 Å². The summed E-state index contributed by atoms with van der Waals surface area (Å²) in [6.45, 7) is 0. The summed E-state index contributed by atoms with van der Waals surface area (Å²) in [5.41, 5.74) is 0. The van der Waals surface area contributed by atoms with Crippen molar-refractivity contribution in [2.75, 3.05) is 0 Å². The first-order valence-corrected chi connectivity index (χ1v) is 12.3. The summed E-state index contributed by atoms with van der Waals surface area (Å²) in [7, 11) is 0. The number of hydrogen-bond acceptors (Lipinski definition) is 0. The van der Waals surface area contributed by atoms with Crippen LogP contribution in [-0.4, -0.2) is 22.7 Å². The molecule has 3 aromatic carbocycles. The number of rotatable bonds is 3. The average molecular weight is 439 g/mol. The van der Waals surface area contributed by atoms with E-state index in [1.165, 1.54) is 0 Å². The SMILES string of the molecule is c1cc[c]([Pb]([c]2ccccc2)[c]2ccccc2)cc1. The molecule has 1 heteroatoms. The molecule has 0 spiro atoms. The van der Waals surface area contributed by atoms with Gasteiger partial charge < -0.3 is 0 Å². The van der Waals surface area contributed by atoms with Crippen LogP contribution in [0.15, 0.2) is 91.0 Å². The van der Waals surface area contributed by atoms with Crippen molar-refractivity contribution in [3.8, 4) is 0 Å². The minimum atomic E-state index is -2.17. The Kier molecular flexibility index (Phi) is 4.08. The van der Waals surface area contributed by atoms with Gasteiger partial charge in [-0.1, -0.05) is 0 Å². The molecular weight excluding hydrogens is 423 g/mol. The Morgan fingerprint density at radius 3 is 0.895 bits per heavy atom. The zero-order valence-corrected chi connectivity index (χ0v) is 14.5. The summed E-state index contributed by atoms with van der Waals surface area (Å²) in [6, 6.07) is 33.0. The van der Waals surface area contributed by atoms with Gasteiger partial charge in [-0.2, -0.15) is 0 Å². The van der Waals surface area contributed by atoms with Crippen molar-refractivity contribution in [1.29, 1.82) is 0 Å². The fourth-order valence-corrected chi connectivity index (χ4v) is 12.3. The Morgan fingerprint density at radius 1 is 0.368 bits per heavy atom. The molecule has 0 saturated heterocycles. The van der Waals surface area contributed by atoms with E-state index < -0.39 is 22.7 Å². The molecule has 0 unspecified atom stereocenters. The van der Waals surface area contributed by atoms with E-state index in [1.807, 2.05) is 0 Å². The number of hydrogen-bond donors (Lipinski definition) is 0. The van der Waals surface area contributed by atoms with Crippen molar-refractivity contribution >= 4 is 32.1 Å². The van der Waals surface area contributed by atoms with Gasteiger partial charge in [-0.05, 0) is 0 Å². The fourth-order valence-electron chi connectivity index (χ4n) is 2.31. The van der Waals surface area contributed by atoms with Gasteiger partial charge in [0.25, 0.3) is 0 Å². The normalized spacial score (nSPS) is 10.6. The van der Waals surface area contributed by atoms with Crippen molar-refractivity contribution < 1.29 is 0 Å². The Balaban J connectivity index is 2.12. The molecule has 0 N–H and O–H groups in total. The molecule has 0 bridgehead atoms. The molecule has 91 valence electrons. The molecule has 1 radical (unpaired) electrons. The molecule has 0 aromatic heterocycles. The van der Waals surface area contributed by atoms with Crippen molar-refractivity contribution in [3.63, 3.8) is 0 Å². The summed E-state index contributed by atoms with van der Waals surface area (Å²) in [6.07, 6.45) is 0. The molecule has 0 amide bonds. The van der Waals surface area contributed by atoms with E-state index in [0.29, 0.717) is 0 Å². The van der Waals surface area contributed by atoms with Gasteiger partial charge in [-0.3, -0.25) is 0 Å². The second-order valence-corrected chi connectivity index (χ2v) is 14.1. The third kappa shape index (κ3) is 2.95. The zero-order chi connectivity index (χ0) is 12.9. The molecule has 0 aliphatic rings. The first-order valence-electron chi connectivity index (χ1n) is 6.48. The van der Waals surface area contributed by atoms with Gasteiger partial charge in [0.1, 0.15) is 0 Å². The summed E-state index contributed by atoms with van der Waals surface area (Å²) in [5.74, 6) is 0. The van der Waals surface area contributed by atoms with Crippen molar-refractivity contribution in [1.82, 2.24) is 0 Å². The summed E-state index contributed by atoms with van der Waals surface area (Å²) in [5, 5.41) is 0. The van der Waals surface area contributed by atoms with Crippen LogP contribution in [0.5, 0.6) is 0 Å². The van der Waals surface area contributed by atoms with Gasteiger partial charge >= 0.3 is 123 Å². The van der Waals surface area contributed by atoms with E-state index >= 15 is 0 Å². The van der Waals surface area contributed by atoms with Crippen LogP contribution in [0.25, 0.3) is 0 Å². The van der Waals surface area contributed by atoms with Gasteiger partial charge in [0.05, 0.1) is 0 Å². The number of benzene rings is 3. The van der Waals surface area contributed by atoms with Crippen molar-refractivity contribution in [2.24, 2.45) is 0 Å². The third-order valence-corrected chi connectivity index (χ3v) is 13.8. The van der Waals surface area contributed by atoms with Crippen LogP contribution < -0.4 is 9.37 Å². The second kappa shape index (κ2) is 6.15. The predicted molar refractivity (Wildman–Crippen MR) is 84.0 cm³/mol. The van der Waals surface area contributed by atoms with E-state index in [4.69, 9.17) is 0 Å². The minimum absolute atomic E-state index is 1.55. The molecule has 0 atom stereocenters. The molecule has 0 aliphatic carbocycles. The quantitative estimate of drug-likeness (QED) is 0.550. The van der Waals surface area contributed by atoms with Gasteiger partial charge in [-0.15, -0.1) is 0 Å². The van der Waals surface area contributed by atoms with Crippen LogP contribution in [0.4, 0.5) is 0 Å². The molecule has 0 nitrogen and oxygen atoms in total. The maximum absolute atomic E-state index is 2.29. The van der Waals surface area contributed by atoms with E-state index in [0.717, 1.165) is 0 Å². The molecule has 3 aromatic rings. The Morgan fingerprint density at radius 2 is 0.632 bits per heavy atom. The van der Waals surface area contributed by atoms with E-state index in [-0.39, 0.29) is 0 Å². The zero-order valence-electron chi connectivity index (χ0n) is 10.7. The second-order valence-electron chi connectivity index (χ2n) is 4.47. The first-order chi connectivity index (χ1) is 9.45. The Labute approximate surface area is 122 Å². The molecular formula is C18H15Pb. The van der Waals surface area contributed by atoms with Gasteiger partial charge in [-0.25, -0.2) is 0 Å². The van der Waals surface area contributed by atoms with Crippen LogP contribution in [0.3, 0.4) is 0 Å². The van der Waals surface area contributed by atoms with Crippen LogP contribution in [0.2, 0.25) is 0 Å². The summed E-state index contributed by atoms with van der Waals surface area (Å²) in [4.78, 5) is 0. The molecule has 3 rings (SSSR count). The Bertz CT molecular complexity index is 524. The first kappa shape index (κ1) is 12.6. The van der Waals surface area contributed by atoms with Crippen molar-refractivity contribution in [3.05, 3.63) is 91.0 Å². The van der Waals surface area contributed by atoms with Crippen molar-refractivity contribution in [2.45, 2.75) is 0 Å². The van der Waals surface area contributed by atoms with Gasteiger partial charge in [0, 0.05) is 0 Å². The molecule has 0 aliphatic heterocycles.